The molecule has 0 radical (unpaired) electrons. The van der Waals surface area contributed by atoms with Gasteiger partial charge in [0.1, 0.15) is 48.8 Å². The molecule has 0 aromatic heterocycles. The summed E-state index contributed by atoms with van der Waals surface area (Å²) in [5, 5.41) is 87.1. The van der Waals surface area contributed by atoms with Crippen molar-refractivity contribution in [1.29, 1.82) is 0 Å². The van der Waals surface area contributed by atoms with Gasteiger partial charge < -0.3 is 65.1 Å². The zero-order valence-electron chi connectivity index (χ0n) is 53.7. The van der Waals surface area contributed by atoms with Crippen molar-refractivity contribution in [3.8, 4) is 0 Å². The van der Waals surface area contributed by atoms with Crippen LogP contribution in [0.5, 0.6) is 0 Å². The van der Waals surface area contributed by atoms with E-state index >= 15 is 0 Å². The number of amides is 1. The number of aliphatic hydroxyl groups excluding tert-OH is 8. The Morgan fingerprint density at radius 3 is 1.26 bits per heavy atom. The first-order valence-electron chi connectivity index (χ1n) is 33.9. The zero-order valence-corrected chi connectivity index (χ0v) is 53.7. The summed E-state index contributed by atoms with van der Waals surface area (Å²) < 4.78 is 22.7. The number of rotatable bonds is 53. The molecule has 14 heteroatoms. The number of carbonyl (C=O) groups is 1. The lowest BCUT2D eigenvalue weighted by atomic mass is 9.97. The molecule has 2 saturated heterocycles. The third-order valence-electron chi connectivity index (χ3n) is 15.6. The molecule has 496 valence electrons. The van der Waals surface area contributed by atoms with Crippen molar-refractivity contribution in [1.82, 2.24) is 5.32 Å². The Labute approximate surface area is 526 Å². The van der Waals surface area contributed by atoms with E-state index < -0.39 is 86.8 Å². The van der Waals surface area contributed by atoms with E-state index in [2.05, 4.69) is 141 Å². The van der Waals surface area contributed by atoms with Gasteiger partial charge in [-0.2, -0.15) is 0 Å². The average molecular weight is 1220 g/mol. The molecular weight excluding hydrogens is 1100 g/mol. The highest BCUT2D eigenvalue weighted by atomic mass is 16.7. The van der Waals surface area contributed by atoms with Crippen molar-refractivity contribution in [3.63, 3.8) is 0 Å². The Bertz CT molecular complexity index is 1970. The van der Waals surface area contributed by atoms with Crippen LogP contribution in [0, 0.1) is 0 Å². The molecule has 2 aliphatic heterocycles. The summed E-state index contributed by atoms with van der Waals surface area (Å²) in [5.74, 6) is -0.257. The van der Waals surface area contributed by atoms with Crippen LogP contribution in [0.25, 0.3) is 0 Å². The second kappa shape index (κ2) is 56.1. The van der Waals surface area contributed by atoms with E-state index in [4.69, 9.17) is 18.9 Å². The van der Waals surface area contributed by atoms with Crippen molar-refractivity contribution < 1.29 is 64.6 Å². The minimum atomic E-state index is -1.80. The van der Waals surface area contributed by atoms with Crippen LogP contribution in [-0.4, -0.2) is 140 Å². The van der Waals surface area contributed by atoms with Crippen LogP contribution in [0.1, 0.15) is 226 Å². The van der Waals surface area contributed by atoms with Gasteiger partial charge in [0.05, 0.1) is 32.0 Å². The zero-order chi connectivity index (χ0) is 63.1. The Morgan fingerprint density at radius 2 is 0.805 bits per heavy atom. The molecule has 1 amide bonds. The topological polar surface area (TPSA) is 228 Å². The SMILES string of the molecule is CC/C=C\C/C=C\C/C=C\C/C=C\C/C=C\C/C=C\C/C=C\C/C=C\C/C=C\CCCCCCCCCCCCCCCC(=O)NC(COC1OC(CO)C(OC2OC(CO)C(O)C(O)C2O)C(O)C1O)C(O)/C=C/CC/C=C/CCCCCCCC. The number of hydrogen-bond acceptors (Lipinski definition) is 13. The predicted octanol–water partition coefficient (Wildman–Crippen LogP) is 13.5. The third kappa shape index (κ3) is 40.5. The fraction of sp³-hybridized carbons (Fsp3) is 0.685. The molecule has 9 N–H and O–H groups in total. The summed E-state index contributed by atoms with van der Waals surface area (Å²) in [6, 6.07) is -0.939. The van der Waals surface area contributed by atoms with E-state index in [0.29, 0.717) is 12.8 Å². The highest BCUT2D eigenvalue weighted by molar-refractivity contribution is 5.76. The normalized spacial score (nSPS) is 24.2. The van der Waals surface area contributed by atoms with E-state index in [-0.39, 0.29) is 18.9 Å². The minimum Gasteiger partial charge on any atom is -0.394 e. The van der Waals surface area contributed by atoms with E-state index in [1.54, 1.807) is 6.08 Å². The molecule has 2 aliphatic rings. The van der Waals surface area contributed by atoms with Gasteiger partial charge in [-0.25, -0.2) is 0 Å². The molecule has 2 heterocycles. The Balaban J connectivity index is 1.59. The standard InChI is InChI=1S/C73H121NO13/c1-3-5-7-9-11-13-15-17-18-19-20-21-22-23-24-25-26-27-28-29-30-31-32-33-34-35-36-37-38-39-40-41-42-43-44-45-47-49-51-53-55-57-65(78)74-61(62(77)56-54-52-50-48-46-16-14-12-10-8-6-4-2)60-84-72-70(83)68(81)71(64(59-76)86-72)87-73-69(82)67(80)66(79)63(58-75)85-73/h5,7,11,13,17-18,20-21,23-24,26-27,29-30,32-33,35-36,46,48,54,56,61-64,66-73,75-77,79-83H,3-4,6,8-10,12,14-16,19,22,25,28,31,34,37-45,47,49-53,55,57-60H2,1-2H3,(H,74,78)/b7-5-,13-11-,18-17-,21-20-,24-23-,27-26-,30-29-,33-32-,36-35-,48-46+,56-54+. The van der Waals surface area contributed by atoms with Crippen LogP contribution in [0.3, 0.4) is 0 Å². The van der Waals surface area contributed by atoms with Crippen LogP contribution >= 0.6 is 0 Å². The van der Waals surface area contributed by atoms with E-state index in [1.807, 2.05) is 6.08 Å². The van der Waals surface area contributed by atoms with Gasteiger partial charge in [0.2, 0.25) is 5.91 Å². The monoisotopic (exact) mass is 1220 g/mol. The van der Waals surface area contributed by atoms with E-state index in [9.17, 15) is 45.6 Å². The largest absolute Gasteiger partial charge is 0.394 e. The summed E-state index contributed by atoms with van der Waals surface area (Å²) >= 11 is 0. The first-order chi connectivity index (χ1) is 42.6. The predicted molar refractivity (Wildman–Crippen MR) is 355 cm³/mol. The lowest BCUT2D eigenvalue weighted by molar-refractivity contribution is -0.359. The number of aliphatic hydroxyl groups is 8. The summed E-state index contributed by atoms with van der Waals surface area (Å²) in [5.41, 5.74) is 0. The first-order valence-corrected chi connectivity index (χ1v) is 33.9. The summed E-state index contributed by atoms with van der Waals surface area (Å²) in [7, 11) is 0. The van der Waals surface area contributed by atoms with Crippen LogP contribution in [0.4, 0.5) is 0 Å². The van der Waals surface area contributed by atoms with Gasteiger partial charge in [-0.15, -0.1) is 0 Å². The van der Waals surface area contributed by atoms with Gasteiger partial charge in [-0.05, 0) is 103 Å². The van der Waals surface area contributed by atoms with Crippen molar-refractivity contribution in [2.75, 3.05) is 19.8 Å². The molecular formula is C73H121NO13. The molecule has 0 spiro atoms. The lowest BCUT2D eigenvalue weighted by Gasteiger charge is -2.46. The molecule has 0 aromatic rings. The first kappa shape index (κ1) is 79.2. The summed E-state index contributed by atoms with van der Waals surface area (Å²) in [6.45, 7) is 2.63. The van der Waals surface area contributed by atoms with Crippen molar-refractivity contribution >= 4 is 5.91 Å². The smallest absolute Gasteiger partial charge is 0.220 e. The molecule has 2 fully saturated rings. The van der Waals surface area contributed by atoms with Gasteiger partial charge in [0.25, 0.3) is 0 Å². The van der Waals surface area contributed by atoms with Crippen molar-refractivity contribution in [2.45, 2.75) is 299 Å². The van der Waals surface area contributed by atoms with Gasteiger partial charge in [-0.3, -0.25) is 4.79 Å². The highest BCUT2D eigenvalue weighted by Crippen LogP contribution is 2.30. The minimum absolute atomic E-state index is 0.257. The van der Waals surface area contributed by atoms with Crippen LogP contribution < -0.4 is 5.32 Å². The van der Waals surface area contributed by atoms with Gasteiger partial charge in [0, 0.05) is 6.42 Å². The van der Waals surface area contributed by atoms with Crippen molar-refractivity contribution in [2.24, 2.45) is 0 Å². The molecule has 0 bridgehead atoms. The third-order valence-corrected chi connectivity index (χ3v) is 15.6. The fourth-order valence-electron chi connectivity index (χ4n) is 10.2. The number of ether oxygens (including phenoxy) is 4. The maximum Gasteiger partial charge on any atom is 0.220 e. The molecule has 0 saturated carbocycles. The second-order valence-electron chi connectivity index (χ2n) is 23.2. The lowest BCUT2D eigenvalue weighted by Crippen LogP contribution is -2.65. The van der Waals surface area contributed by atoms with Crippen LogP contribution in [0.2, 0.25) is 0 Å². The Kier molecular flexibility index (Phi) is 51.1. The summed E-state index contributed by atoms with van der Waals surface area (Å²) in [6.07, 6.45) is 66.7. The molecule has 12 unspecified atom stereocenters. The molecule has 87 heavy (non-hydrogen) atoms. The molecule has 0 aliphatic carbocycles. The van der Waals surface area contributed by atoms with Crippen LogP contribution in [0.15, 0.2) is 134 Å². The average Bonchev–Trinajstić information content (AvgIpc) is 2.31. The van der Waals surface area contributed by atoms with Crippen molar-refractivity contribution in [3.05, 3.63) is 134 Å². The number of hydrogen-bond donors (Lipinski definition) is 9. The number of allylic oxidation sites excluding steroid dienone is 21. The van der Waals surface area contributed by atoms with E-state index in [1.165, 1.54) is 96.3 Å². The number of unbranched alkanes of at least 4 members (excludes halogenated alkanes) is 20. The molecule has 14 nitrogen and oxygen atoms in total. The highest BCUT2D eigenvalue weighted by Gasteiger charge is 2.51. The summed E-state index contributed by atoms with van der Waals surface area (Å²) in [4.78, 5) is 13.3. The van der Waals surface area contributed by atoms with Gasteiger partial charge >= 0.3 is 0 Å². The maximum atomic E-state index is 13.3. The van der Waals surface area contributed by atoms with Crippen LogP contribution in [-0.2, 0) is 23.7 Å². The second-order valence-corrected chi connectivity index (χ2v) is 23.2. The van der Waals surface area contributed by atoms with E-state index in [0.717, 1.165) is 96.3 Å². The Morgan fingerprint density at radius 1 is 0.425 bits per heavy atom. The number of nitrogens with one attached hydrogen (secondary N) is 1. The maximum absolute atomic E-state index is 13.3. The Hall–Kier alpha value is -3.87. The quantitative estimate of drug-likeness (QED) is 0.0204. The molecule has 12 atom stereocenters. The van der Waals surface area contributed by atoms with Gasteiger partial charge in [-0.1, -0.05) is 250 Å². The molecule has 2 rings (SSSR count). The van der Waals surface area contributed by atoms with Gasteiger partial charge in [0.15, 0.2) is 12.6 Å². The number of carbonyl (C=O) groups excluding carboxylic acids is 1. The molecule has 0 aromatic carbocycles. The fourth-order valence-corrected chi connectivity index (χ4v) is 10.2.